The third-order valence-corrected chi connectivity index (χ3v) is 13.2. The maximum Gasteiger partial charge on any atom is 0.235 e. The molecule has 0 radical (unpaired) electrons. The Kier molecular flexibility index (Phi) is 7.05. The van der Waals surface area contributed by atoms with E-state index in [2.05, 4.69) is 226 Å². The van der Waals surface area contributed by atoms with Crippen LogP contribution in [0.2, 0.25) is 0 Å². The quantitative estimate of drug-likeness (QED) is 0.178. The second-order valence-electron chi connectivity index (χ2n) is 16.6. The molecule has 10 aromatic carbocycles. The standard InChI is InChI=1S/C58H35N5/c1-2-18-40(19-3-1)61-49-25-12-9-21-42(49)44-31-30-39(35-53(44)61)56-46-23-8-11-24-48(46)59-58(60-56)63-52-28-14-27-51(55(52)47-33-37-16-4-5-17-38(37)34-54(47)63)62-50-26-13-10-22-43(50)45-32-29-36-15-6-7-20-41(36)57(45)62/h1-35H. The van der Waals surface area contributed by atoms with Crippen molar-refractivity contribution in [3.8, 4) is 28.6 Å². The zero-order chi connectivity index (χ0) is 41.2. The van der Waals surface area contributed by atoms with Gasteiger partial charge in [-0.25, -0.2) is 9.97 Å². The normalized spacial score (nSPS) is 12.1. The van der Waals surface area contributed by atoms with Gasteiger partial charge in [0.2, 0.25) is 5.95 Å². The SMILES string of the molecule is c1ccc(-n2c3ccccc3c3ccc(-c4nc(-n5c6cc7ccccc7cc6c6c(-n7c8ccccc8c8ccc9ccccc9c87)cccc65)nc5ccccc45)cc32)cc1. The number of aromatic nitrogens is 5. The first-order valence-electron chi connectivity index (χ1n) is 21.5. The minimum Gasteiger partial charge on any atom is -0.309 e. The van der Waals surface area contributed by atoms with Crippen LogP contribution in [-0.4, -0.2) is 23.7 Å². The molecule has 0 unspecified atom stereocenters. The third-order valence-electron chi connectivity index (χ3n) is 13.2. The first kappa shape index (κ1) is 34.2. The van der Waals surface area contributed by atoms with E-state index in [9.17, 15) is 0 Å². The molecule has 0 saturated heterocycles. The second kappa shape index (κ2) is 13.0. The van der Waals surface area contributed by atoms with Gasteiger partial charge in [0.25, 0.3) is 0 Å². The van der Waals surface area contributed by atoms with Crippen LogP contribution in [0.3, 0.4) is 0 Å². The van der Waals surface area contributed by atoms with E-state index in [1.165, 1.54) is 59.6 Å². The van der Waals surface area contributed by atoms with Gasteiger partial charge in [-0.3, -0.25) is 4.57 Å². The summed E-state index contributed by atoms with van der Waals surface area (Å²) in [4.78, 5) is 11.0. The van der Waals surface area contributed by atoms with Crippen molar-refractivity contribution >= 4 is 97.9 Å². The molecule has 0 aliphatic heterocycles. The Bertz CT molecular complexity index is 4210. The molecule has 5 nitrogen and oxygen atoms in total. The Hall–Kier alpha value is -8.54. The number of fused-ring (bicyclic) bond motifs is 13. The first-order valence-corrected chi connectivity index (χ1v) is 21.5. The van der Waals surface area contributed by atoms with Crippen molar-refractivity contribution in [2.45, 2.75) is 0 Å². The highest BCUT2D eigenvalue weighted by Crippen LogP contribution is 2.43. The van der Waals surface area contributed by atoms with E-state index in [-0.39, 0.29) is 0 Å². The van der Waals surface area contributed by atoms with Crippen molar-refractivity contribution in [1.82, 2.24) is 23.7 Å². The molecule has 5 heteroatoms. The van der Waals surface area contributed by atoms with Crippen molar-refractivity contribution in [1.29, 1.82) is 0 Å². The molecule has 0 bridgehead atoms. The predicted molar refractivity (Wildman–Crippen MR) is 263 cm³/mol. The summed E-state index contributed by atoms with van der Waals surface area (Å²) in [6.45, 7) is 0. The lowest BCUT2D eigenvalue weighted by atomic mass is 10.0. The molecule has 14 rings (SSSR count). The highest BCUT2D eigenvalue weighted by Gasteiger charge is 2.23. The minimum atomic E-state index is 0.632. The number of nitrogens with zero attached hydrogens (tertiary/aromatic N) is 5. The average Bonchev–Trinajstić information content (AvgIpc) is 3.98. The maximum absolute atomic E-state index is 5.63. The second-order valence-corrected chi connectivity index (χ2v) is 16.6. The van der Waals surface area contributed by atoms with E-state index in [0.29, 0.717) is 5.95 Å². The van der Waals surface area contributed by atoms with Crippen LogP contribution in [0, 0.1) is 0 Å². The summed E-state index contributed by atoms with van der Waals surface area (Å²) in [5.41, 5.74) is 11.9. The fourth-order valence-electron chi connectivity index (χ4n) is 10.5. The van der Waals surface area contributed by atoms with Gasteiger partial charge in [-0.15, -0.1) is 0 Å². The van der Waals surface area contributed by atoms with E-state index >= 15 is 0 Å². The molecule has 0 amide bonds. The van der Waals surface area contributed by atoms with Gasteiger partial charge in [-0.1, -0.05) is 152 Å². The summed E-state index contributed by atoms with van der Waals surface area (Å²) in [5, 5.41) is 13.0. The van der Waals surface area contributed by atoms with Crippen LogP contribution in [0.1, 0.15) is 0 Å². The molecule has 4 aromatic heterocycles. The lowest BCUT2D eigenvalue weighted by molar-refractivity contribution is 1.01. The lowest BCUT2D eigenvalue weighted by Gasteiger charge is -2.14. The van der Waals surface area contributed by atoms with E-state index in [1.54, 1.807) is 0 Å². The molecule has 4 heterocycles. The van der Waals surface area contributed by atoms with Gasteiger partial charge in [0, 0.05) is 54.3 Å². The molecule has 0 saturated carbocycles. The van der Waals surface area contributed by atoms with E-state index < -0.39 is 0 Å². The fraction of sp³-hybridized carbons (Fsp3) is 0. The smallest absolute Gasteiger partial charge is 0.235 e. The Morgan fingerprint density at radius 2 is 0.921 bits per heavy atom. The summed E-state index contributed by atoms with van der Waals surface area (Å²) < 4.78 is 7.15. The largest absolute Gasteiger partial charge is 0.309 e. The van der Waals surface area contributed by atoms with Crippen molar-refractivity contribution in [3.05, 3.63) is 212 Å². The van der Waals surface area contributed by atoms with Gasteiger partial charge < -0.3 is 9.13 Å². The summed E-state index contributed by atoms with van der Waals surface area (Å²) in [7, 11) is 0. The zero-order valence-electron chi connectivity index (χ0n) is 33.9. The highest BCUT2D eigenvalue weighted by molar-refractivity contribution is 6.22. The molecule has 0 fully saturated rings. The molecule has 0 spiro atoms. The molecular weight excluding hydrogens is 767 g/mol. The molecule has 14 aromatic rings. The summed E-state index contributed by atoms with van der Waals surface area (Å²) in [5.74, 6) is 0.632. The monoisotopic (exact) mass is 801 g/mol. The Morgan fingerprint density at radius 3 is 1.75 bits per heavy atom. The zero-order valence-corrected chi connectivity index (χ0v) is 33.9. The van der Waals surface area contributed by atoms with Gasteiger partial charge in [0.05, 0.1) is 50.0 Å². The highest BCUT2D eigenvalue weighted by atomic mass is 15.2. The number of benzene rings is 10. The molecule has 0 aliphatic carbocycles. The predicted octanol–water partition coefficient (Wildman–Crippen LogP) is 14.9. The Labute approximate surface area is 360 Å². The summed E-state index contributed by atoms with van der Waals surface area (Å²) in [6.07, 6.45) is 0. The molecular formula is C58H35N5. The summed E-state index contributed by atoms with van der Waals surface area (Å²) >= 11 is 0. The van der Waals surface area contributed by atoms with Crippen LogP contribution < -0.4 is 0 Å². The van der Waals surface area contributed by atoms with Crippen LogP contribution in [0.4, 0.5) is 0 Å². The van der Waals surface area contributed by atoms with Gasteiger partial charge >= 0.3 is 0 Å². The fourth-order valence-corrected chi connectivity index (χ4v) is 10.5. The Balaban J connectivity index is 1.09. The van der Waals surface area contributed by atoms with Gasteiger partial charge in [0.15, 0.2) is 0 Å². The van der Waals surface area contributed by atoms with Crippen LogP contribution >= 0.6 is 0 Å². The number of rotatable bonds is 4. The minimum absolute atomic E-state index is 0.632. The van der Waals surface area contributed by atoms with Crippen molar-refractivity contribution in [3.63, 3.8) is 0 Å². The van der Waals surface area contributed by atoms with Gasteiger partial charge in [-0.05, 0) is 76.8 Å². The third kappa shape index (κ3) is 4.87. The molecule has 292 valence electrons. The number of para-hydroxylation sites is 4. The van der Waals surface area contributed by atoms with E-state index in [4.69, 9.17) is 9.97 Å². The van der Waals surface area contributed by atoms with E-state index in [1.807, 2.05) is 0 Å². The molecule has 63 heavy (non-hydrogen) atoms. The summed E-state index contributed by atoms with van der Waals surface area (Å²) in [6, 6.07) is 76.6. The van der Waals surface area contributed by atoms with Crippen LogP contribution in [-0.2, 0) is 0 Å². The van der Waals surface area contributed by atoms with Crippen molar-refractivity contribution < 1.29 is 0 Å². The lowest BCUT2D eigenvalue weighted by Crippen LogP contribution is -2.04. The first-order chi connectivity index (χ1) is 31.3. The van der Waals surface area contributed by atoms with Gasteiger partial charge in [0.1, 0.15) is 0 Å². The molecule has 0 N–H and O–H groups in total. The van der Waals surface area contributed by atoms with Gasteiger partial charge in [-0.2, -0.15) is 0 Å². The van der Waals surface area contributed by atoms with E-state index in [0.717, 1.165) is 60.9 Å². The number of hydrogen-bond donors (Lipinski definition) is 0. The van der Waals surface area contributed by atoms with Crippen LogP contribution in [0.15, 0.2) is 212 Å². The molecule has 0 aliphatic rings. The maximum atomic E-state index is 5.63. The average molecular weight is 802 g/mol. The Morgan fingerprint density at radius 1 is 0.317 bits per heavy atom. The topological polar surface area (TPSA) is 40.6 Å². The van der Waals surface area contributed by atoms with Crippen molar-refractivity contribution in [2.24, 2.45) is 0 Å². The van der Waals surface area contributed by atoms with Crippen molar-refractivity contribution in [2.75, 3.05) is 0 Å². The number of hydrogen-bond acceptors (Lipinski definition) is 2. The molecule has 0 atom stereocenters. The van der Waals surface area contributed by atoms with Crippen LogP contribution in [0.5, 0.6) is 0 Å². The van der Waals surface area contributed by atoms with Crippen LogP contribution in [0.25, 0.3) is 126 Å².